The number of rotatable bonds is 5. The first-order valence-corrected chi connectivity index (χ1v) is 11.7. The molecule has 3 heterocycles. The number of aromatic nitrogens is 2. The molecule has 4 aromatic rings. The molecule has 1 fully saturated rings. The molecule has 34 heavy (non-hydrogen) atoms. The summed E-state index contributed by atoms with van der Waals surface area (Å²) in [6.45, 7) is 6.01. The van der Waals surface area contributed by atoms with Crippen LogP contribution in [-0.4, -0.2) is 51.4 Å². The molecule has 1 aliphatic heterocycles. The van der Waals surface area contributed by atoms with Crippen molar-refractivity contribution >= 4 is 16.8 Å². The van der Waals surface area contributed by atoms with Gasteiger partial charge < -0.3 is 9.47 Å². The minimum atomic E-state index is -0.238. The lowest BCUT2D eigenvalue weighted by Gasteiger charge is -2.34. The van der Waals surface area contributed by atoms with E-state index in [0.717, 1.165) is 41.7 Å². The summed E-state index contributed by atoms with van der Waals surface area (Å²) in [7, 11) is 0. The fraction of sp³-hybridized carbons (Fsp3) is 0.250. The summed E-state index contributed by atoms with van der Waals surface area (Å²) in [4.78, 5) is 35.0. The highest BCUT2D eigenvalue weighted by Crippen LogP contribution is 2.19. The molecule has 0 aliphatic carbocycles. The molecule has 0 spiro atoms. The molecule has 1 saturated heterocycles. The monoisotopic (exact) mass is 452 g/mol. The average Bonchev–Trinajstić information content (AvgIpc) is 2.86. The van der Waals surface area contributed by atoms with Crippen LogP contribution < -0.4 is 5.56 Å². The third-order valence-corrected chi connectivity index (χ3v) is 6.46. The second kappa shape index (κ2) is 9.61. The maximum absolute atomic E-state index is 13.2. The number of carbonyl (C=O) groups is 1. The molecule has 6 nitrogen and oxygen atoms in total. The summed E-state index contributed by atoms with van der Waals surface area (Å²) in [5.74, 6) is -0.185. The van der Waals surface area contributed by atoms with Gasteiger partial charge in [0.2, 0.25) is 0 Å². The minimum absolute atomic E-state index is 0.185. The summed E-state index contributed by atoms with van der Waals surface area (Å²) in [5, 5.41) is 1.14. The van der Waals surface area contributed by atoms with E-state index in [1.54, 1.807) is 27.8 Å². The van der Waals surface area contributed by atoms with E-state index >= 15 is 0 Å². The van der Waals surface area contributed by atoms with Gasteiger partial charge in [-0.15, -0.1) is 0 Å². The van der Waals surface area contributed by atoms with Gasteiger partial charge in [-0.3, -0.25) is 19.5 Å². The summed E-state index contributed by atoms with van der Waals surface area (Å²) in [6.07, 6.45) is 3.58. The number of hydrogen-bond acceptors (Lipinski definition) is 4. The van der Waals surface area contributed by atoms with Gasteiger partial charge in [0.25, 0.3) is 11.5 Å². The molecule has 0 unspecified atom stereocenters. The predicted octanol–water partition coefficient (Wildman–Crippen LogP) is 3.71. The van der Waals surface area contributed by atoms with Crippen molar-refractivity contribution in [3.8, 4) is 0 Å². The van der Waals surface area contributed by atoms with Gasteiger partial charge in [0.05, 0.1) is 12.1 Å². The molecule has 0 radical (unpaired) electrons. The number of aryl methyl sites for hydroxylation is 1. The number of fused-ring (bicyclic) bond motifs is 1. The van der Waals surface area contributed by atoms with Gasteiger partial charge in [0.1, 0.15) is 5.56 Å². The molecule has 172 valence electrons. The van der Waals surface area contributed by atoms with E-state index < -0.39 is 0 Å². The quantitative estimate of drug-likeness (QED) is 0.463. The highest BCUT2D eigenvalue weighted by atomic mass is 16.2. The lowest BCUT2D eigenvalue weighted by Crippen LogP contribution is -2.49. The zero-order valence-electron chi connectivity index (χ0n) is 19.4. The van der Waals surface area contributed by atoms with Crippen LogP contribution in [0, 0.1) is 6.92 Å². The van der Waals surface area contributed by atoms with Crippen molar-refractivity contribution in [2.45, 2.75) is 20.0 Å². The Morgan fingerprint density at radius 1 is 0.912 bits per heavy atom. The van der Waals surface area contributed by atoms with Crippen molar-refractivity contribution in [2.75, 3.05) is 26.2 Å². The number of carbonyl (C=O) groups excluding carboxylic acids is 1. The van der Waals surface area contributed by atoms with E-state index in [-0.39, 0.29) is 17.0 Å². The first-order valence-electron chi connectivity index (χ1n) is 11.7. The van der Waals surface area contributed by atoms with Gasteiger partial charge >= 0.3 is 0 Å². The molecule has 1 amide bonds. The van der Waals surface area contributed by atoms with Crippen LogP contribution in [0.25, 0.3) is 10.9 Å². The van der Waals surface area contributed by atoms with Gasteiger partial charge in [-0.2, -0.15) is 0 Å². The Balaban J connectivity index is 1.26. The number of amides is 1. The molecule has 0 N–H and O–H groups in total. The van der Waals surface area contributed by atoms with Crippen LogP contribution in [0.15, 0.2) is 83.9 Å². The predicted molar refractivity (Wildman–Crippen MR) is 134 cm³/mol. The number of piperazine rings is 1. The van der Waals surface area contributed by atoms with Gasteiger partial charge in [-0.05, 0) is 36.2 Å². The molecule has 0 bridgehead atoms. The fourth-order valence-electron chi connectivity index (χ4n) is 4.65. The second-order valence-electron chi connectivity index (χ2n) is 8.90. The van der Waals surface area contributed by atoms with Crippen LogP contribution >= 0.6 is 0 Å². The SMILES string of the molecule is Cc1cccc(Cn2cccc(C(=O)N3CCN(Cc4cccc5cccnc45)CC3)c2=O)c1. The van der Waals surface area contributed by atoms with E-state index in [1.807, 2.05) is 37.4 Å². The van der Waals surface area contributed by atoms with E-state index in [4.69, 9.17) is 0 Å². The normalized spacial score (nSPS) is 14.4. The van der Waals surface area contributed by atoms with Gasteiger partial charge in [-0.25, -0.2) is 0 Å². The molecular weight excluding hydrogens is 424 g/mol. The lowest BCUT2D eigenvalue weighted by atomic mass is 10.1. The van der Waals surface area contributed by atoms with Crippen LogP contribution in [0.2, 0.25) is 0 Å². The largest absolute Gasteiger partial charge is 0.336 e. The molecular formula is C28H28N4O2. The van der Waals surface area contributed by atoms with Gasteiger partial charge in [0, 0.05) is 50.5 Å². The Morgan fingerprint density at radius 3 is 2.53 bits per heavy atom. The Kier molecular flexibility index (Phi) is 6.23. The molecule has 2 aromatic carbocycles. The summed E-state index contributed by atoms with van der Waals surface area (Å²) in [5.41, 5.74) is 4.42. The summed E-state index contributed by atoms with van der Waals surface area (Å²) < 4.78 is 1.62. The van der Waals surface area contributed by atoms with E-state index in [9.17, 15) is 9.59 Å². The highest BCUT2D eigenvalue weighted by molar-refractivity contribution is 5.94. The number of hydrogen-bond donors (Lipinski definition) is 0. The molecule has 0 saturated carbocycles. The van der Waals surface area contributed by atoms with Crippen molar-refractivity contribution in [3.05, 3.63) is 112 Å². The molecule has 6 heteroatoms. The Labute approximate surface area is 199 Å². The molecule has 5 rings (SSSR count). The topological polar surface area (TPSA) is 58.4 Å². The number of benzene rings is 2. The van der Waals surface area contributed by atoms with Crippen LogP contribution in [-0.2, 0) is 13.1 Å². The maximum atomic E-state index is 13.2. The zero-order valence-corrected chi connectivity index (χ0v) is 19.4. The first-order chi connectivity index (χ1) is 16.6. The lowest BCUT2D eigenvalue weighted by molar-refractivity contribution is 0.0626. The third kappa shape index (κ3) is 4.63. The van der Waals surface area contributed by atoms with Crippen LogP contribution in [0.1, 0.15) is 27.0 Å². The highest BCUT2D eigenvalue weighted by Gasteiger charge is 2.24. The number of pyridine rings is 2. The smallest absolute Gasteiger partial charge is 0.263 e. The van der Waals surface area contributed by atoms with Crippen molar-refractivity contribution in [2.24, 2.45) is 0 Å². The Morgan fingerprint density at radius 2 is 1.71 bits per heavy atom. The fourth-order valence-corrected chi connectivity index (χ4v) is 4.65. The van der Waals surface area contributed by atoms with Crippen molar-refractivity contribution in [1.29, 1.82) is 0 Å². The van der Waals surface area contributed by atoms with Gasteiger partial charge in [-0.1, -0.05) is 54.1 Å². The Hall–Kier alpha value is -3.77. The van der Waals surface area contributed by atoms with E-state index in [1.165, 1.54) is 5.56 Å². The van der Waals surface area contributed by atoms with Crippen LogP contribution in [0.3, 0.4) is 0 Å². The Bertz CT molecular complexity index is 1380. The summed E-state index contributed by atoms with van der Waals surface area (Å²) >= 11 is 0. The molecule has 2 aromatic heterocycles. The van der Waals surface area contributed by atoms with E-state index in [2.05, 4.69) is 40.2 Å². The van der Waals surface area contributed by atoms with Crippen molar-refractivity contribution in [1.82, 2.24) is 19.4 Å². The van der Waals surface area contributed by atoms with Crippen LogP contribution in [0.4, 0.5) is 0 Å². The second-order valence-corrected chi connectivity index (χ2v) is 8.90. The number of nitrogens with zero attached hydrogens (tertiary/aromatic N) is 4. The maximum Gasteiger partial charge on any atom is 0.263 e. The number of para-hydroxylation sites is 1. The minimum Gasteiger partial charge on any atom is -0.336 e. The van der Waals surface area contributed by atoms with Gasteiger partial charge in [0.15, 0.2) is 0 Å². The standard InChI is InChI=1S/C28H28N4O2/c1-21-6-2-7-22(18-21)19-32-13-5-11-25(28(32)34)27(33)31-16-14-30(15-17-31)20-24-9-3-8-23-10-4-12-29-26(23)24/h2-13,18H,14-17,19-20H2,1H3. The summed E-state index contributed by atoms with van der Waals surface area (Å²) in [6, 6.07) is 21.8. The van der Waals surface area contributed by atoms with Crippen LogP contribution in [0.5, 0.6) is 0 Å². The average molecular weight is 453 g/mol. The third-order valence-electron chi connectivity index (χ3n) is 6.46. The van der Waals surface area contributed by atoms with Crippen molar-refractivity contribution in [3.63, 3.8) is 0 Å². The van der Waals surface area contributed by atoms with E-state index in [0.29, 0.717) is 19.6 Å². The first kappa shape index (κ1) is 22.0. The molecule has 0 atom stereocenters. The van der Waals surface area contributed by atoms with Crippen molar-refractivity contribution < 1.29 is 4.79 Å². The molecule has 1 aliphatic rings. The zero-order chi connectivity index (χ0) is 23.5.